The van der Waals surface area contributed by atoms with Crippen molar-refractivity contribution < 1.29 is 15.0 Å². The van der Waals surface area contributed by atoms with E-state index in [1.165, 1.54) is 18.2 Å². The fourth-order valence-corrected chi connectivity index (χ4v) is 2.11. The smallest absolute Gasteiger partial charge is 0.248 e. The van der Waals surface area contributed by atoms with Crippen molar-refractivity contribution in [2.45, 2.75) is 6.42 Å². The largest absolute Gasteiger partial charge is 0.507 e. The summed E-state index contributed by atoms with van der Waals surface area (Å²) in [5.41, 5.74) is 14.2. The van der Waals surface area contributed by atoms with Crippen LogP contribution in [0.3, 0.4) is 0 Å². The molecule has 0 bridgehead atoms. The number of carbonyl (C=O) groups is 1. The van der Waals surface area contributed by atoms with E-state index in [-0.39, 0.29) is 18.3 Å². The molecule has 6 heteroatoms. The average molecular weight is 313 g/mol. The molecule has 0 aromatic heterocycles. The summed E-state index contributed by atoms with van der Waals surface area (Å²) in [7, 11) is 0. The molecule has 7 N–H and O–H groups in total. The molecule has 2 aromatic carbocycles. The number of amides is 1. The Morgan fingerprint density at radius 2 is 1.83 bits per heavy atom. The molecule has 0 aliphatic rings. The molecule has 0 aliphatic heterocycles. The molecule has 23 heavy (non-hydrogen) atoms. The summed E-state index contributed by atoms with van der Waals surface area (Å²) in [5, 5.41) is 21.5. The number of phenolic OH excluding ortho intramolecular Hbond substituents is 1. The lowest BCUT2D eigenvalue weighted by Crippen LogP contribution is -2.10. The Morgan fingerprint density at radius 3 is 2.57 bits per heavy atom. The van der Waals surface area contributed by atoms with Crippen LogP contribution in [0, 0.1) is 0 Å². The van der Waals surface area contributed by atoms with Gasteiger partial charge in [-0.1, -0.05) is 0 Å². The fourth-order valence-electron chi connectivity index (χ4n) is 2.11. The van der Waals surface area contributed by atoms with E-state index in [0.717, 1.165) is 5.56 Å². The van der Waals surface area contributed by atoms with Gasteiger partial charge in [0.1, 0.15) is 5.75 Å². The van der Waals surface area contributed by atoms with Gasteiger partial charge in [-0.25, -0.2) is 0 Å². The normalized spacial score (nSPS) is 10.8. The van der Waals surface area contributed by atoms with Gasteiger partial charge >= 0.3 is 0 Å². The number of anilines is 3. The maximum Gasteiger partial charge on any atom is 0.248 e. The van der Waals surface area contributed by atoms with E-state index in [2.05, 4.69) is 5.32 Å². The Kier molecular flexibility index (Phi) is 5.22. The Morgan fingerprint density at radius 1 is 1.13 bits per heavy atom. The van der Waals surface area contributed by atoms with Crippen LogP contribution in [0.4, 0.5) is 17.1 Å². The summed E-state index contributed by atoms with van der Waals surface area (Å²) in [6, 6.07) is 9.67. The number of aromatic hydroxyl groups is 1. The second kappa shape index (κ2) is 7.33. The Bertz CT molecular complexity index is 742. The van der Waals surface area contributed by atoms with Crippen molar-refractivity contribution in [1.82, 2.24) is 0 Å². The lowest BCUT2D eigenvalue weighted by molar-refractivity contribution is -0.111. The quantitative estimate of drug-likeness (QED) is 0.327. The predicted molar refractivity (Wildman–Crippen MR) is 91.8 cm³/mol. The molecule has 2 rings (SSSR count). The number of nitrogen functional groups attached to an aromatic ring is 2. The standard InChI is InChI=1S/C17H19N3O3/c18-13-2-4-15(11(9-13)7-8-21)20-17(23)6-1-12-10-14(19)3-5-16(12)22/h1-6,9-10,21-22H,7-8,18-19H2,(H,20,23). The molecule has 0 heterocycles. The minimum atomic E-state index is -0.365. The molecule has 0 atom stereocenters. The first-order valence-corrected chi connectivity index (χ1v) is 7.06. The second-order valence-electron chi connectivity index (χ2n) is 5.03. The summed E-state index contributed by atoms with van der Waals surface area (Å²) in [6.45, 7) is -0.0423. The van der Waals surface area contributed by atoms with Gasteiger partial charge in [-0.2, -0.15) is 0 Å². The minimum Gasteiger partial charge on any atom is -0.507 e. The first kappa shape index (κ1) is 16.4. The molecule has 0 saturated heterocycles. The lowest BCUT2D eigenvalue weighted by Gasteiger charge is -2.10. The van der Waals surface area contributed by atoms with E-state index in [1.54, 1.807) is 30.3 Å². The third kappa shape index (κ3) is 4.49. The number of carbonyl (C=O) groups excluding carboxylic acids is 1. The number of aliphatic hydroxyl groups is 1. The van der Waals surface area contributed by atoms with Crippen molar-refractivity contribution in [3.63, 3.8) is 0 Å². The van der Waals surface area contributed by atoms with Crippen molar-refractivity contribution in [1.29, 1.82) is 0 Å². The molecule has 2 aromatic rings. The highest BCUT2D eigenvalue weighted by molar-refractivity contribution is 6.02. The fraction of sp³-hybridized carbons (Fsp3) is 0.118. The minimum absolute atomic E-state index is 0.0386. The van der Waals surface area contributed by atoms with E-state index >= 15 is 0 Å². The SMILES string of the molecule is Nc1ccc(O)c(C=CC(=O)Nc2ccc(N)cc2CCO)c1. The zero-order valence-corrected chi connectivity index (χ0v) is 12.5. The van der Waals surface area contributed by atoms with Crippen molar-refractivity contribution in [3.8, 4) is 5.75 Å². The van der Waals surface area contributed by atoms with Crippen LogP contribution in [0.25, 0.3) is 6.08 Å². The van der Waals surface area contributed by atoms with Crippen LogP contribution < -0.4 is 16.8 Å². The molecule has 120 valence electrons. The molecule has 6 nitrogen and oxygen atoms in total. The molecular formula is C17H19N3O3. The third-order valence-corrected chi connectivity index (χ3v) is 3.23. The molecule has 0 spiro atoms. The van der Waals surface area contributed by atoms with Gasteiger partial charge < -0.3 is 27.0 Å². The van der Waals surface area contributed by atoms with Crippen LogP contribution in [0.5, 0.6) is 5.75 Å². The van der Waals surface area contributed by atoms with Crippen molar-refractivity contribution in [2.75, 3.05) is 23.4 Å². The first-order valence-electron chi connectivity index (χ1n) is 7.06. The lowest BCUT2D eigenvalue weighted by atomic mass is 10.1. The van der Waals surface area contributed by atoms with Crippen molar-refractivity contribution in [3.05, 3.63) is 53.6 Å². The molecule has 0 saturated carbocycles. The number of hydrogen-bond acceptors (Lipinski definition) is 5. The Balaban J connectivity index is 2.13. The number of rotatable bonds is 5. The number of phenols is 1. The van der Waals surface area contributed by atoms with E-state index in [0.29, 0.717) is 29.0 Å². The van der Waals surface area contributed by atoms with Crippen LogP contribution in [-0.2, 0) is 11.2 Å². The van der Waals surface area contributed by atoms with E-state index in [9.17, 15) is 9.90 Å². The van der Waals surface area contributed by atoms with Gasteiger partial charge in [0.25, 0.3) is 0 Å². The monoisotopic (exact) mass is 313 g/mol. The average Bonchev–Trinajstić information content (AvgIpc) is 2.51. The summed E-state index contributed by atoms with van der Waals surface area (Å²) in [6.07, 6.45) is 3.16. The van der Waals surface area contributed by atoms with E-state index in [4.69, 9.17) is 16.6 Å². The summed E-state index contributed by atoms with van der Waals surface area (Å²) < 4.78 is 0. The molecule has 0 unspecified atom stereocenters. The maximum absolute atomic E-state index is 12.0. The number of nitrogens with one attached hydrogen (secondary N) is 1. The maximum atomic E-state index is 12.0. The number of nitrogens with two attached hydrogens (primary N) is 2. The van der Waals surface area contributed by atoms with Crippen LogP contribution in [0.15, 0.2) is 42.5 Å². The zero-order chi connectivity index (χ0) is 16.8. The molecule has 1 amide bonds. The first-order chi connectivity index (χ1) is 11.0. The van der Waals surface area contributed by atoms with Gasteiger partial charge in [-0.3, -0.25) is 4.79 Å². The van der Waals surface area contributed by atoms with Crippen molar-refractivity contribution in [2.24, 2.45) is 0 Å². The highest BCUT2D eigenvalue weighted by Crippen LogP contribution is 2.22. The van der Waals surface area contributed by atoms with E-state index < -0.39 is 0 Å². The topological polar surface area (TPSA) is 122 Å². The summed E-state index contributed by atoms with van der Waals surface area (Å²) >= 11 is 0. The molecular weight excluding hydrogens is 294 g/mol. The Hall–Kier alpha value is -2.99. The van der Waals surface area contributed by atoms with Crippen LogP contribution >= 0.6 is 0 Å². The number of hydrogen-bond donors (Lipinski definition) is 5. The van der Waals surface area contributed by atoms with Crippen LogP contribution in [0.1, 0.15) is 11.1 Å². The summed E-state index contributed by atoms with van der Waals surface area (Å²) in [5.74, 6) is -0.326. The second-order valence-corrected chi connectivity index (χ2v) is 5.03. The summed E-state index contributed by atoms with van der Waals surface area (Å²) in [4.78, 5) is 12.0. The van der Waals surface area contributed by atoms with Crippen LogP contribution in [0.2, 0.25) is 0 Å². The van der Waals surface area contributed by atoms with Crippen LogP contribution in [-0.4, -0.2) is 22.7 Å². The predicted octanol–water partition coefficient (Wildman–Crippen LogP) is 1.74. The van der Waals surface area contributed by atoms with Crippen molar-refractivity contribution >= 4 is 29.0 Å². The zero-order valence-electron chi connectivity index (χ0n) is 12.5. The van der Waals surface area contributed by atoms with Gasteiger partial charge in [-0.15, -0.1) is 0 Å². The van der Waals surface area contributed by atoms with Gasteiger partial charge in [0, 0.05) is 35.3 Å². The Labute approximate surface area is 134 Å². The van der Waals surface area contributed by atoms with Gasteiger partial charge in [0.05, 0.1) is 0 Å². The highest BCUT2D eigenvalue weighted by atomic mass is 16.3. The van der Waals surface area contributed by atoms with Gasteiger partial charge in [0.2, 0.25) is 5.91 Å². The molecule has 0 aliphatic carbocycles. The number of benzene rings is 2. The van der Waals surface area contributed by atoms with Gasteiger partial charge in [0.15, 0.2) is 0 Å². The molecule has 0 fully saturated rings. The molecule has 0 radical (unpaired) electrons. The van der Waals surface area contributed by atoms with Gasteiger partial charge in [-0.05, 0) is 54.5 Å². The third-order valence-electron chi connectivity index (χ3n) is 3.23. The van der Waals surface area contributed by atoms with E-state index in [1.807, 2.05) is 0 Å². The highest BCUT2D eigenvalue weighted by Gasteiger charge is 2.06. The number of aliphatic hydroxyl groups excluding tert-OH is 1.